The average Bonchev–Trinajstić information content (AvgIpc) is 2.84. The number of nitrogens with zero attached hydrogens (tertiary/aromatic N) is 2. The maximum Gasteiger partial charge on any atom is 0.328 e. The van der Waals surface area contributed by atoms with Crippen molar-refractivity contribution in [3.63, 3.8) is 0 Å². The van der Waals surface area contributed by atoms with Crippen LogP contribution in [0.2, 0.25) is 0 Å². The van der Waals surface area contributed by atoms with Gasteiger partial charge in [0.15, 0.2) is 0 Å². The van der Waals surface area contributed by atoms with Gasteiger partial charge in [0.05, 0.1) is 12.7 Å². The van der Waals surface area contributed by atoms with Crippen LogP contribution in [0.3, 0.4) is 0 Å². The summed E-state index contributed by atoms with van der Waals surface area (Å²) in [6.45, 7) is 4.54. The monoisotopic (exact) mass is 252 g/mol. The molecule has 0 aromatic heterocycles. The molecule has 18 heavy (non-hydrogen) atoms. The van der Waals surface area contributed by atoms with Crippen molar-refractivity contribution in [3.8, 4) is 6.07 Å². The molecule has 0 N–H and O–H groups in total. The number of amides is 1. The SMILES string of the molecule is CCCC(C#N)C(=O)N1CCCC1C(=O)OCC. The zero-order valence-corrected chi connectivity index (χ0v) is 11.0. The van der Waals surface area contributed by atoms with Crippen molar-refractivity contribution < 1.29 is 14.3 Å². The fourth-order valence-corrected chi connectivity index (χ4v) is 2.25. The maximum absolute atomic E-state index is 12.2. The van der Waals surface area contributed by atoms with Crippen LogP contribution < -0.4 is 0 Å². The van der Waals surface area contributed by atoms with E-state index in [1.807, 2.05) is 13.0 Å². The molecule has 5 nitrogen and oxygen atoms in total. The van der Waals surface area contributed by atoms with Gasteiger partial charge in [0.2, 0.25) is 5.91 Å². The van der Waals surface area contributed by atoms with Crippen LogP contribution in [0.4, 0.5) is 0 Å². The third-order valence-electron chi connectivity index (χ3n) is 3.13. The number of likely N-dealkylation sites (tertiary alicyclic amines) is 1. The Morgan fingerprint density at radius 3 is 2.78 bits per heavy atom. The number of nitriles is 1. The van der Waals surface area contributed by atoms with E-state index in [-0.39, 0.29) is 11.9 Å². The second-order valence-electron chi connectivity index (χ2n) is 4.41. The van der Waals surface area contributed by atoms with Crippen LogP contribution in [0.1, 0.15) is 39.5 Å². The molecule has 1 saturated heterocycles. The van der Waals surface area contributed by atoms with E-state index < -0.39 is 12.0 Å². The highest BCUT2D eigenvalue weighted by Crippen LogP contribution is 2.22. The number of carbonyl (C=O) groups is 2. The molecule has 1 amide bonds. The van der Waals surface area contributed by atoms with E-state index in [1.165, 1.54) is 4.90 Å². The summed E-state index contributed by atoms with van der Waals surface area (Å²) in [6.07, 6.45) is 2.75. The lowest BCUT2D eigenvalue weighted by Gasteiger charge is -2.24. The quantitative estimate of drug-likeness (QED) is 0.695. The molecular formula is C13H20N2O3. The van der Waals surface area contributed by atoms with Crippen LogP contribution in [-0.4, -0.2) is 36.0 Å². The standard InChI is InChI=1S/C13H20N2O3/c1-3-6-10(9-14)12(16)15-8-5-7-11(15)13(17)18-4-2/h10-11H,3-8H2,1-2H3. The van der Waals surface area contributed by atoms with Gasteiger partial charge in [0, 0.05) is 6.54 Å². The van der Waals surface area contributed by atoms with Crippen LogP contribution in [0.25, 0.3) is 0 Å². The van der Waals surface area contributed by atoms with Gasteiger partial charge in [-0.25, -0.2) is 4.79 Å². The molecule has 1 aliphatic rings. The van der Waals surface area contributed by atoms with Crippen molar-refractivity contribution >= 4 is 11.9 Å². The van der Waals surface area contributed by atoms with Crippen molar-refractivity contribution in [2.45, 2.75) is 45.6 Å². The lowest BCUT2D eigenvalue weighted by Crippen LogP contribution is -2.44. The lowest BCUT2D eigenvalue weighted by atomic mass is 10.0. The topological polar surface area (TPSA) is 70.4 Å². The van der Waals surface area contributed by atoms with Crippen molar-refractivity contribution in [1.29, 1.82) is 5.26 Å². The second-order valence-corrected chi connectivity index (χ2v) is 4.41. The number of hydrogen-bond donors (Lipinski definition) is 0. The van der Waals surface area contributed by atoms with Gasteiger partial charge >= 0.3 is 5.97 Å². The summed E-state index contributed by atoms with van der Waals surface area (Å²) in [4.78, 5) is 25.4. The van der Waals surface area contributed by atoms with Crippen molar-refractivity contribution in [1.82, 2.24) is 4.90 Å². The maximum atomic E-state index is 12.2. The Kier molecular flexibility index (Phi) is 5.63. The first-order chi connectivity index (χ1) is 8.65. The Balaban J connectivity index is 2.71. The van der Waals surface area contributed by atoms with E-state index in [0.717, 1.165) is 12.8 Å². The summed E-state index contributed by atoms with van der Waals surface area (Å²) < 4.78 is 4.96. The van der Waals surface area contributed by atoms with Crippen LogP contribution in [-0.2, 0) is 14.3 Å². The summed E-state index contributed by atoms with van der Waals surface area (Å²) >= 11 is 0. The molecule has 1 aliphatic heterocycles. The molecule has 0 aromatic rings. The fraction of sp³-hybridized carbons (Fsp3) is 0.769. The molecule has 1 heterocycles. The molecular weight excluding hydrogens is 232 g/mol. The minimum Gasteiger partial charge on any atom is -0.464 e. The van der Waals surface area contributed by atoms with Crippen LogP contribution in [0.5, 0.6) is 0 Å². The molecule has 100 valence electrons. The number of carbonyl (C=O) groups excluding carboxylic acids is 2. The lowest BCUT2D eigenvalue weighted by molar-refractivity contribution is -0.153. The molecule has 0 aromatic carbocycles. The molecule has 1 rings (SSSR count). The van der Waals surface area contributed by atoms with E-state index >= 15 is 0 Å². The molecule has 0 spiro atoms. The first kappa shape index (κ1) is 14.5. The Hall–Kier alpha value is -1.57. The van der Waals surface area contributed by atoms with Gasteiger partial charge in [0.25, 0.3) is 0 Å². The van der Waals surface area contributed by atoms with E-state index in [0.29, 0.717) is 26.0 Å². The number of esters is 1. The van der Waals surface area contributed by atoms with E-state index in [1.54, 1.807) is 6.92 Å². The van der Waals surface area contributed by atoms with Gasteiger partial charge in [-0.15, -0.1) is 0 Å². The molecule has 5 heteroatoms. The highest BCUT2D eigenvalue weighted by molar-refractivity contribution is 5.87. The third-order valence-corrected chi connectivity index (χ3v) is 3.13. The zero-order valence-electron chi connectivity index (χ0n) is 11.0. The second kappa shape index (κ2) is 7.00. The molecule has 0 radical (unpaired) electrons. The minimum atomic E-state index is -0.634. The average molecular weight is 252 g/mol. The normalized spacial score (nSPS) is 20.3. The van der Waals surface area contributed by atoms with Crippen LogP contribution in [0.15, 0.2) is 0 Å². The summed E-state index contributed by atoms with van der Waals surface area (Å²) in [5, 5.41) is 9.00. The van der Waals surface area contributed by atoms with Crippen LogP contribution in [0, 0.1) is 17.2 Å². The molecule has 0 bridgehead atoms. The molecule has 1 fully saturated rings. The highest BCUT2D eigenvalue weighted by atomic mass is 16.5. The largest absolute Gasteiger partial charge is 0.464 e. The van der Waals surface area contributed by atoms with Gasteiger partial charge in [0.1, 0.15) is 12.0 Å². The predicted octanol–water partition coefficient (Wildman–Crippen LogP) is 1.48. The minimum absolute atomic E-state index is 0.227. The van der Waals surface area contributed by atoms with Crippen LogP contribution >= 0.6 is 0 Å². The summed E-state index contributed by atoms with van der Waals surface area (Å²) in [6, 6.07) is 1.53. The van der Waals surface area contributed by atoms with Gasteiger partial charge < -0.3 is 9.64 Å². The first-order valence-corrected chi connectivity index (χ1v) is 6.52. The Bertz CT molecular complexity index is 349. The predicted molar refractivity (Wildman–Crippen MR) is 65.4 cm³/mol. The fourth-order valence-electron chi connectivity index (χ4n) is 2.25. The molecule has 2 unspecified atom stereocenters. The zero-order chi connectivity index (χ0) is 13.5. The van der Waals surface area contributed by atoms with E-state index in [2.05, 4.69) is 0 Å². The number of rotatable bonds is 5. The summed E-state index contributed by atoms with van der Waals surface area (Å²) in [5.74, 6) is -1.21. The third kappa shape index (κ3) is 3.22. The smallest absolute Gasteiger partial charge is 0.328 e. The summed E-state index contributed by atoms with van der Waals surface area (Å²) in [7, 11) is 0. The van der Waals surface area contributed by atoms with E-state index in [9.17, 15) is 9.59 Å². The first-order valence-electron chi connectivity index (χ1n) is 6.52. The Labute approximate surface area is 108 Å². The molecule has 2 atom stereocenters. The van der Waals surface area contributed by atoms with Gasteiger partial charge in [-0.1, -0.05) is 13.3 Å². The number of ether oxygens (including phenoxy) is 1. The van der Waals surface area contributed by atoms with Crippen molar-refractivity contribution in [2.75, 3.05) is 13.2 Å². The van der Waals surface area contributed by atoms with Gasteiger partial charge in [-0.05, 0) is 26.2 Å². The Morgan fingerprint density at radius 1 is 1.50 bits per heavy atom. The van der Waals surface area contributed by atoms with Gasteiger partial charge in [-0.2, -0.15) is 5.26 Å². The van der Waals surface area contributed by atoms with E-state index in [4.69, 9.17) is 10.00 Å². The number of hydrogen-bond acceptors (Lipinski definition) is 4. The molecule has 0 saturated carbocycles. The highest BCUT2D eigenvalue weighted by Gasteiger charge is 2.37. The summed E-state index contributed by atoms with van der Waals surface area (Å²) in [5.41, 5.74) is 0. The van der Waals surface area contributed by atoms with Crippen molar-refractivity contribution in [2.24, 2.45) is 5.92 Å². The molecule has 0 aliphatic carbocycles. The Morgan fingerprint density at radius 2 is 2.22 bits per heavy atom. The van der Waals surface area contributed by atoms with Crippen molar-refractivity contribution in [3.05, 3.63) is 0 Å². The van der Waals surface area contributed by atoms with Gasteiger partial charge in [-0.3, -0.25) is 4.79 Å².